The molecule has 118 valence electrons. The molecule has 0 bridgehead atoms. The highest BCUT2D eigenvalue weighted by Gasteiger charge is 2.43. The first-order chi connectivity index (χ1) is 11.3. The molecule has 0 aliphatic carbocycles. The summed E-state index contributed by atoms with van der Waals surface area (Å²) >= 11 is 0. The lowest BCUT2D eigenvalue weighted by molar-refractivity contribution is 0.194. The molecule has 3 heterocycles. The number of rotatable bonds is 3. The molecule has 1 saturated heterocycles. The highest BCUT2D eigenvalue weighted by molar-refractivity contribution is 6.00. The number of hydrogen-bond acceptors (Lipinski definition) is 3. The fraction of sp³-hybridized carbons (Fsp3) is 0.400. The average molecular weight is 305 g/mol. The standard InChI is InChI=1S/C20H23N3/c1-16-20(18-4-2-3-5-19(18)22-16)9-14-23(15-10-20)13-8-17-6-11-21-12-7-17/h2-7,11-12H,8-10,13-15H2,1H3. The minimum absolute atomic E-state index is 0.198. The second kappa shape index (κ2) is 5.89. The summed E-state index contributed by atoms with van der Waals surface area (Å²) in [6.07, 6.45) is 7.26. The Balaban J connectivity index is 1.42. The van der Waals surface area contributed by atoms with Crippen LogP contribution in [0.15, 0.2) is 53.8 Å². The van der Waals surface area contributed by atoms with Gasteiger partial charge in [0, 0.05) is 30.1 Å². The summed E-state index contributed by atoms with van der Waals surface area (Å²) in [6, 6.07) is 12.9. The van der Waals surface area contributed by atoms with Gasteiger partial charge in [0.05, 0.1) is 5.69 Å². The van der Waals surface area contributed by atoms with Crippen molar-refractivity contribution in [3.63, 3.8) is 0 Å². The predicted octanol–water partition coefficient (Wildman–Crippen LogP) is 3.76. The normalized spacial score (nSPS) is 19.6. The van der Waals surface area contributed by atoms with E-state index < -0.39 is 0 Å². The quantitative estimate of drug-likeness (QED) is 0.863. The van der Waals surface area contributed by atoms with Crippen LogP contribution in [0.2, 0.25) is 0 Å². The lowest BCUT2D eigenvalue weighted by Crippen LogP contribution is -2.45. The van der Waals surface area contributed by atoms with Gasteiger partial charge < -0.3 is 4.90 Å². The first-order valence-corrected chi connectivity index (χ1v) is 8.54. The van der Waals surface area contributed by atoms with Crippen molar-refractivity contribution in [2.24, 2.45) is 4.99 Å². The van der Waals surface area contributed by atoms with Crippen molar-refractivity contribution >= 4 is 11.4 Å². The van der Waals surface area contributed by atoms with Crippen LogP contribution in [0.4, 0.5) is 5.69 Å². The Labute approximate surface area is 138 Å². The van der Waals surface area contributed by atoms with Crippen LogP contribution in [-0.4, -0.2) is 35.2 Å². The molecule has 23 heavy (non-hydrogen) atoms. The SMILES string of the molecule is CC1=Nc2ccccc2C12CCN(CCc1ccncc1)CC2. The maximum atomic E-state index is 4.84. The van der Waals surface area contributed by atoms with Crippen molar-refractivity contribution in [1.29, 1.82) is 0 Å². The van der Waals surface area contributed by atoms with Gasteiger partial charge in [-0.25, -0.2) is 0 Å². The van der Waals surface area contributed by atoms with Crippen molar-refractivity contribution in [2.75, 3.05) is 19.6 Å². The average Bonchev–Trinajstić information content (AvgIpc) is 2.88. The highest BCUT2D eigenvalue weighted by atomic mass is 15.1. The predicted molar refractivity (Wildman–Crippen MR) is 94.5 cm³/mol. The van der Waals surface area contributed by atoms with Crippen LogP contribution in [0.1, 0.15) is 30.9 Å². The zero-order valence-electron chi connectivity index (χ0n) is 13.7. The van der Waals surface area contributed by atoms with Crippen LogP contribution in [0, 0.1) is 0 Å². The number of fused-ring (bicyclic) bond motifs is 2. The van der Waals surface area contributed by atoms with Crippen LogP contribution >= 0.6 is 0 Å². The molecule has 2 aliphatic heterocycles. The van der Waals surface area contributed by atoms with E-state index in [1.165, 1.54) is 35.4 Å². The van der Waals surface area contributed by atoms with E-state index in [1.807, 2.05) is 12.4 Å². The van der Waals surface area contributed by atoms with Gasteiger partial charge in [-0.05, 0) is 68.6 Å². The number of para-hydroxylation sites is 1. The Morgan fingerprint density at radius 2 is 1.78 bits per heavy atom. The zero-order chi connectivity index (χ0) is 15.7. The number of piperidine rings is 1. The molecule has 0 atom stereocenters. The first kappa shape index (κ1) is 14.6. The number of nitrogens with zero attached hydrogens (tertiary/aromatic N) is 3. The van der Waals surface area contributed by atoms with Crippen LogP contribution in [0.3, 0.4) is 0 Å². The summed E-state index contributed by atoms with van der Waals surface area (Å²) in [5, 5.41) is 0. The smallest absolute Gasteiger partial charge is 0.0670 e. The van der Waals surface area contributed by atoms with Gasteiger partial charge in [0.1, 0.15) is 0 Å². The summed E-state index contributed by atoms with van der Waals surface area (Å²) < 4.78 is 0. The molecule has 2 aliphatic rings. The van der Waals surface area contributed by atoms with Crippen LogP contribution in [0.25, 0.3) is 0 Å². The third kappa shape index (κ3) is 2.59. The molecule has 0 unspecified atom stereocenters. The molecule has 0 amide bonds. The summed E-state index contributed by atoms with van der Waals surface area (Å²) in [7, 11) is 0. The van der Waals surface area contributed by atoms with E-state index in [-0.39, 0.29) is 5.41 Å². The molecule has 0 saturated carbocycles. The van der Waals surface area contributed by atoms with E-state index in [9.17, 15) is 0 Å². The van der Waals surface area contributed by atoms with E-state index in [4.69, 9.17) is 4.99 Å². The number of pyridine rings is 1. The molecular weight excluding hydrogens is 282 g/mol. The molecule has 1 aromatic carbocycles. The van der Waals surface area contributed by atoms with Crippen LogP contribution < -0.4 is 0 Å². The monoisotopic (exact) mass is 305 g/mol. The summed E-state index contributed by atoms with van der Waals surface area (Å²) in [6.45, 7) is 5.67. The Morgan fingerprint density at radius 3 is 2.57 bits per heavy atom. The van der Waals surface area contributed by atoms with E-state index in [2.05, 4.69) is 53.2 Å². The molecule has 4 rings (SSSR count). The third-order valence-electron chi connectivity index (χ3n) is 5.58. The molecule has 1 aromatic heterocycles. The molecule has 0 radical (unpaired) electrons. The van der Waals surface area contributed by atoms with Crippen molar-refractivity contribution < 1.29 is 0 Å². The van der Waals surface area contributed by atoms with Crippen LogP contribution in [-0.2, 0) is 11.8 Å². The van der Waals surface area contributed by atoms with Crippen LogP contribution in [0.5, 0.6) is 0 Å². The number of aromatic nitrogens is 1. The Morgan fingerprint density at radius 1 is 1.04 bits per heavy atom. The second-order valence-electron chi connectivity index (χ2n) is 6.74. The molecular formula is C20H23N3. The topological polar surface area (TPSA) is 28.5 Å². The Hall–Kier alpha value is -2.00. The maximum absolute atomic E-state index is 4.84. The van der Waals surface area contributed by atoms with Gasteiger partial charge in [-0.1, -0.05) is 18.2 Å². The van der Waals surface area contributed by atoms with E-state index in [1.54, 1.807) is 0 Å². The molecule has 1 spiro atoms. The van der Waals surface area contributed by atoms with Gasteiger partial charge >= 0.3 is 0 Å². The second-order valence-corrected chi connectivity index (χ2v) is 6.74. The van der Waals surface area contributed by atoms with Crippen molar-refractivity contribution in [2.45, 2.75) is 31.6 Å². The zero-order valence-corrected chi connectivity index (χ0v) is 13.7. The molecule has 3 nitrogen and oxygen atoms in total. The summed E-state index contributed by atoms with van der Waals surface area (Å²) in [5.74, 6) is 0. The van der Waals surface area contributed by atoms with Crippen molar-refractivity contribution in [3.8, 4) is 0 Å². The van der Waals surface area contributed by atoms with Gasteiger partial charge in [0.25, 0.3) is 0 Å². The Bertz CT molecular complexity index is 713. The molecule has 1 fully saturated rings. The minimum Gasteiger partial charge on any atom is -0.303 e. The molecule has 3 heteroatoms. The lowest BCUT2D eigenvalue weighted by atomic mass is 9.71. The van der Waals surface area contributed by atoms with Gasteiger partial charge in [0.2, 0.25) is 0 Å². The van der Waals surface area contributed by atoms with Gasteiger partial charge in [-0.2, -0.15) is 0 Å². The molecule has 0 N–H and O–H groups in total. The minimum atomic E-state index is 0.198. The lowest BCUT2D eigenvalue weighted by Gasteiger charge is -2.40. The highest BCUT2D eigenvalue weighted by Crippen LogP contribution is 2.46. The molecule has 2 aromatic rings. The maximum Gasteiger partial charge on any atom is 0.0670 e. The third-order valence-corrected chi connectivity index (χ3v) is 5.58. The first-order valence-electron chi connectivity index (χ1n) is 8.54. The fourth-order valence-electron chi connectivity index (χ4n) is 4.08. The van der Waals surface area contributed by atoms with Gasteiger partial charge in [-0.15, -0.1) is 0 Å². The number of hydrogen-bond donors (Lipinski definition) is 0. The van der Waals surface area contributed by atoms with Gasteiger partial charge in [-0.3, -0.25) is 9.98 Å². The van der Waals surface area contributed by atoms with Crippen molar-refractivity contribution in [1.82, 2.24) is 9.88 Å². The number of likely N-dealkylation sites (tertiary alicyclic amines) is 1. The van der Waals surface area contributed by atoms with E-state index in [0.29, 0.717) is 0 Å². The number of benzene rings is 1. The largest absolute Gasteiger partial charge is 0.303 e. The van der Waals surface area contributed by atoms with Crippen molar-refractivity contribution in [3.05, 3.63) is 59.9 Å². The summed E-state index contributed by atoms with van der Waals surface area (Å²) in [5.41, 5.74) is 5.53. The number of aliphatic imine (C=N–C) groups is 1. The van der Waals surface area contributed by atoms with E-state index in [0.717, 1.165) is 26.1 Å². The van der Waals surface area contributed by atoms with E-state index >= 15 is 0 Å². The Kier molecular flexibility index (Phi) is 3.74. The van der Waals surface area contributed by atoms with Gasteiger partial charge in [0.15, 0.2) is 0 Å². The summed E-state index contributed by atoms with van der Waals surface area (Å²) in [4.78, 5) is 11.5. The fourth-order valence-corrected chi connectivity index (χ4v) is 4.08.